The molecule has 220 valence electrons. The minimum atomic E-state index is -4.43. The van der Waals surface area contributed by atoms with Crippen LogP contribution in [0.4, 0.5) is 4.79 Å². The fraction of sp³-hybridized carbons (Fsp3) is 0.500. The van der Waals surface area contributed by atoms with Crippen LogP contribution < -0.4 is 11.2 Å². The number of aryl methyl sites for hydroxylation is 3. The van der Waals surface area contributed by atoms with Crippen molar-refractivity contribution in [2.75, 3.05) is 0 Å². The van der Waals surface area contributed by atoms with E-state index >= 15 is 0 Å². The summed E-state index contributed by atoms with van der Waals surface area (Å²) in [5.74, 6) is 0. The van der Waals surface area contributed by atoms with Crippen molar-refractivity contribution in [3.63, 3.8) is 0 Å². The number of aromatic nitrogens is 5. The molecule has 0 atom stereocenters. The normalized spacial score (nSPS) is 14.9. The van der Waals surface area contributed by atoms with E-state index in [0.717, 1.165) is 35.8 Å². The number of hydrogen-bond acceptors (Lipinski definition) is 10. The highest BCUT2D eigenvalue weighted by Gasteiger charge is 2.54. The predicted octanol–water partition coefficient (Wildman–Crippen LogP) is 3.61. The Hall–Kier alpha value is -3.30. The second-order valence-electron chi connectivity index (χ2n) is 11.6. The van der Waals surface area contributed by atoms with Gasteiger partial charge in [-0.05, 0) is 60.5 Å². The van der Waals surface area contributed by atoms with E-state index in [1.807, 2.05) is 13.8 Å². The van der Waals surface area contributed by atoms with Gasteiger partial charge in [-0.25, -0.2) is 14.6 Å². The van der Waals surface area contributed by atoms with Crippen molar-refractivity contribution in [3.8, 4) is 0 Å². The first kappa shape index (κ1) is 29.2. The molecule has 1 saturated carbocycles. The SMILES string of the molecule is Cc1nc(C)c(Cn2c(=O)n(Cc3cnn(C)c3)c(=O)c3cc(S(=O)(=O)N(C(=O)OC(C)(C)C)C4(C)CC4)sc32)s1. The molecule has 4 heterocycles. The Bertz CT molecular complexity index is 1900. The number of ether oxygens (including phenoxy) is 1. The lowest BCUT2D eigenvalue weighted by Gasteiger charge is -2.30. The Balaban J connectivity index is 1.70. The molecule has 15 heteroatoms. The van der Waals surface area contributed by atoms with E-state index in [4.69, 9.17) is 4.74 Å². The number of hydrogen-bond donors (Lipinski definition) is 0. The largest absolute Gasteiger partial charge is 0.443 e. The molecule has 0 spiro atoms. The number of nitrogens with zero attached hydrogens (tertiary/aromatic N) is 6. The predicted molar refractivity (Wildman–Crippen MR) is 156 cm³/mol. The molecule has 12 nitrogen and oxygen atoms in total. The quantitative estimate of drug-likeness (QED) is 0.306. The molecular weight excluding hydrogens is 589 g/mol. The molecule has 1 aliphatic carbocycles. The van der Waals surface area contributed by atoms with Gasteiger partial charge in [0.05, 0.1) is 40.9 Å². The highest BCUT2D eigenvalue weighted by Crippen LogP contribution is 2.46. The number of sulfonamides is 1. The first-order chi connectivity index (χ1) is 19.0. The summed E-state index contributed by atoms with van der Waals surface area (Å²) < 4.78 is 38.2. The van der Waals surface area contributed by atoms with Gasteiger partial charge in [-0.1, -0.05) is 0 Å². The van der Waals surface area contributed by atoms with Gasteiger partial charge in [-0.2, -0.15) is 17.8 Å². The molecule has 1 fully saturated rings. The molecule has 1 aliphatic rings. The van der Waals surface area contributed by atoms with Crippen LogP contribution in [0.15, 0.2) is 32.3 Å². The van der Waals surface area contributed by atoms with Gasteiger partial charge in [-0.15, -0.1) is 22.7 Å². The second-order valence-corrected chi connectivity index (χ2v) is 15.9. The van der Waals surface area contributed by atoms with Crippen LogP contribution in [-0.2, 0) is 34.9 Å². The summed E-state index contributed by atoms with van der Waals surface area (Å²) in [4.78, 5) is 46.2. The van der Waals surface area contributed by atoms with Crippen LogP contribution in [0, 0.1) is 13.8 Å². The first-order valence-corrected chi connectivity index (χ1v) is 16.0. The molecule has 0 N–H and O–H groups in total. The third kappa shape index (κ3) is 5.49. The molecule has 4 aromatic heterocycles. The van der Waals surface area contributed by atoms with Crippen LogP contribution in [0.2, 0.25) is 0 Å². The Kier molecular flexibility index (Phi) is 7.06. The van der Waals surface area contributed by atoms with Crippen molar-refractivity contribution in [1.29, 1.82) is 0 Å². The molecule has 0 saturated heterocycles. The standard InChI is InChI=1S/C26H32N6O6S3/c1-15-19(39-16(2)28-15)14-31-22-18(21(33)30(23(31)34)13-17-11-27-29(7)12-17)10-20(40-22)41(36,37)32(26(6)8-9-26)24(35)38-25(3,4)5/h10-12H,8-9,13-14H2,1-7H3. The molecule has 0 aromatic carbocycles. The van der Waals surface area contributed by atoms with Gasteiger partial charge >= 0.3 is 11.8 Å². The highest BCUT2D eigenvalue weighted by molar-refractivity contribution is 7.92. The topological polar surface area (TPSA) is 138 Å². The Morgan fingerprint density at radius 3 is 2.37 bits per heavy atom. The van der Waals surface area contributed by atoms with Crippen LogP contribution in [0.1, 0.15) is 61.7 Å². The lowest BCUT2D eigenvalue weighted by atomic mass is 10.2. The van der Waals surface area contributed by atoms with Crippen molar-refractivity contribution >= 4 is 49.0 Å². The zero-order valence-corrected chi connectivity index (χ0v) is 26.4. The summed E-state index contributed by atoms with van der Waals surface area (Å²) in [5, 5.41) is 5.02. The number of thiophene rings is 1. The van der Waals surface area contributed by atoms with E-state index in [1.54, 1.807) is 51.8 Å². The lowest BCUT2D eigenvalue weighted by molar-refractivity contribution is 0.0332. The van der Waals surface area contributed by atoms with Gasteiger partial charge in [0, 0.05) is 23.7 Å². The van der Waals surface area contributed by atoms with Gasteiger partial charge in [-0.3, -0.25) is 18.6 Å². The maximum absolute atomic E-state index is 14.0. The van der Waals surface area contributed by atoms with Gasteiger partial charge in [0.15, 0.2) is 0 Å². The number of amides is 1. The van der Waals surface area contributed by atoms with Crippen molar-refractivity contribution in [2.45, 2.75) is 82.8 Å². The summed E-state index contributed by atoms with van der Waals surface area (Å²) in [5.41, 5.74) is -1.67. The maximum Gasteiger partial charge on any atom is 0.424 e. The molecule has 0 bridgehead atoms. The van der Waals surface area contributed by atoms with Gasteiger partial charge in [0.2, 0.25) is 0 Å². The molecule has 1 amide bonds. The van der Waals surface area contributed by atoms with Crippen molar-refractivity contribution < 1.29 is 17.9 Å². The first-order valence-electron chi connectivity index (χ1n) is 13.0. The maximum atomic E-state index is 14.0. The van der Waals surface area contributed by atoms with Crippen molar-refractivity contribution in [3.05, 3.63) is 60.4 Å². The lowest BCUT2D eigenvalue weighted by Crippen LogP contribution is -2.47. The monoisotopic (exact) mass is 620 g/mol. The average molecular weight is 621 g/mol. The van der Waals surface area contributed by atoms with Crippen molar-refractivity contribution in [2.24, 2.45) is 7.05 Å². The summed E-state index contributed by atoms with van der Waals surface area (Å²) in [6.45, 7) is 10.4. The van der Waals surface area contributed by atoms with Gasteiger partial charge in [0.1, 0.15) is 14.6 Å². The zero-order valence-electron chi connectivity index (χ0n) is 23.9. The van der Waals surface area contributed by atoms with Crippen LogP contribution >= 0.6 is 22.7 Å². The van der Waals surface area contributed by atoms with E-state index in [0.29, 0.717) is 18.4 Å². The van der Waals surface area contributed by atoms with Gasteiger partial charge < -0.3 is 4.74 Å². The summed E-state index contributed by atoms with van der Waals surface area (Å²) in [7, 11) is -2.70. The molecule has 41 heavy (non-hydrogen) atoms. The summed E-state index contributed by atoms with van der Waals surface area (Å²) in [6.07, 6.45) is 3.27. The number of carbonyl (C=O) groups excluding carboxylic acids is 1. The Morgan fingerprint density at radius 2 is 1.83 bits per heavy atom. The minimum absolute atomic E-state index is 0.0395. The van der Waals surface area contributed by atoms with Gasteiger partial charge in [0.25, 0.3) is 15.6 Å². The van der Waals surface area contributed by atoms with Crippen molar-refractivity contribution in [1.82, 2.24) is 28.2 Å². The van der Waals surface area contributed by atoms with Crippen LogP contribution in [0.5, 0.6) is 0 Å². The third-order valence-electron chi connectivity index (χ3n) is 6.79. The molecule has 4 aromatic rings. The number of thiazole rings is 1. The Labute approximate surface area is 244 Å². The molecule has 0 radical (unpaired) electrons. The molecular formula is C26H32N6O6S3. The molecule has 0 aliphatic heterocycles. The van der Waals surface area contributed by atoms with E-state index in [9.17, 15) is 22.8 Å². The second kappa shape index (κ2) is 9.91. The zero-order chi connectivity index (χ0) is 30.1. The summed E-state index contributed by atoms with van der Waals surface area (Å²) >= 11 is 2.23. The van der Waals surface area contributed by atoms with E-state index in [2.05, 4.69) is 10.1 Å². The van der Waals surface area contributed by atoms with E-state index < -0.39 is 38.5 Å². The molecule has 0 unspecified atom stereocenters. The Morgan fingerprint density at radius 1 is 1.15 bits per heavy atom. The fourth-order valence-corrected chi connectivity index (χ4v) is 8.70. The summed E-state index contributed by atoms with van der Waals surface area (Å²) in [6, 6.07) is 1.27. The number of rotatable bonds is 7. The van der Waals surface area contributed by atoms with Crippen LogP contribution in [-0.4, -0.2) is 53.9 Å². The van der Waals surface area contributed by atoms with E-state index in [-0.39, 0.29) is 27.5 Å². The smallest absolute Gasteiger partial charge is 0.424 e. The van der Waals surface area contributed by atoms with Crippen LogP contribution in [0.3, 0.4) is 0 Å². The number of carbonyl (C=O) groups is 1. The average Bonchev–Trinajstić information content (AvgIpc) is 3.17. The number of fused-ring (bicyclic) bond motifs is 1. The highest BCUT2D eigenvalue weighted by atomic mass is 32.2. The fourth-order valence-electron chi connectivity index (χ4n) is 4.57. The van der Waals surface area contributed by atoms with Crippen LogP contribution in [0.25, 0.3) is 10.2 Å². The minimum Gasteiger partial charge on any atom is -0.443 e. The molecule has 5 rings (SSSR count). The van der Waals surface area contributed by atoms with E-state index in [1.165, 1.54) is 22.0 Å². The third-order valence-corrected chi connectivity index (χ3v) is 11.4.